The second-order valence-electron chi connectivity index (χ2n) is 4.39. The molecule has 0 N–H and O–H groups in total. The highest BCUT2D eigenvalue weighted by molar-refractivity contribution is 6.00. The second-order valence-corrected chi connectivity index (χ2v) is 4.39. The lowest BCUT2D eigenvalue weighted by atomic mass is 9.88. The van der Waals surface area contributed by atoms with Crippen molar-refractivity contribution in [2.24, 2.45) is 0 Å². The predicted molar refractivity (Wildman–Crippen MR) is 70.2 cm³/mol. The lowest BCUT2D eigenvalue weighted by Crippen LogP contribution is -2.12. The summed E-state index contributed by atoms with van der Waals surface area (Å²) < 4.78 is 26.3. The number of carbonyl (C=O) groups excluding carboxylic acids is 1. The van der Waals surface area contributed by atoms with Crippen LogP contribution in [0.4, 0.5) is 8.78 Å². The van der Waals surface area contributed by atoms with Crippen molar-refractivity contribution in [1.82, 2.24) is 0 Å². The summed E-state index contributed by atoms with van der Waals surface area (Å²) in [5.74, 6) is -2.09. The number of hydrogen-bond acceptors (Lipinski definition) is 1. The van der Waals surface area contributed by atoms with E-state index in [0.717, 1.165) is 23.8 Å². The topological polar surface area (TPSA) is 17.1 Å². The quantitative estimate of drug-likeness (QED) is 0.747. The van der Waals surface area contributed by atoms with Crippen molar-refractivity contribution in [2.45, 2.75) is 19.3 Å². The van der Waals surface area contributed by atoms with Crippen LogP contribution >= 0.6 is 0 Å². The van der Waals surface area contributed by atoms with Gasteiger partial charge in [-0.25, -0.2) is 8.78 Å². The van der Waals surface area contributed by atoms with Gasteiger partial charge in [-0.15, -0.1) is 0 Å². The molecular formula is C16H14F2O. The van der Waals surface area contributed by atoms with Crippen LogP contribution in [0.2, 0.25) is 0 Å². The Kier molecular flexibility index (Phi) is 4.05. The van der Waals surface area contributed by atoms with Crippen molar-refractivity contribution in [2.75, 3.05) is 0 Å². The average Bonchev–Trinajstić information content (AvgIpc) is 2.39. The Labute approximate surface area is 110 Å². The molecule has 0 aliphatic rings. The highest BCUT2D eigenvalue weighted by Crippen LogP contribution is 2.24. The zero-order chi connectivity index (χ0) is 13.8. The van der Waals surface area contributed by atoms with E-state index in [9.17, 15) is 13.6 Å². The lowest BCUT2D eigenvalue weighted by Gasteiger charge is -2.14. The Hall–Kier alpha value is -2.03. The number of rotatable bonds is 4. The molecule has 0 aliphatic heterocycles. The molecule has 3 heteroatoms. The molecule has 1 atom stereocenters. The summed E-state index contributed by atoms with van der Waals surface area (Å²) in [5.41, 5.74) is 0.938. The molecule has 2 rings (SSSR count). The van der Waals surface area contributed by atoms with Gasteiger partial charge in [-0.1, -0.05) is 37.3 Å². The normalized spacial score (nSPS) is 12.2. The molecule has 19 heavy (non-hydrogen) atoms. The highest BCUT2D eigenvalue weighted by Gasteiger charge is 2.21. The lowest BCUT2D eigenvalue weighted by molar-refractivity contribution is 0.0956. The second kappa shape index (κ2) is 5.74. The molecule has 0 aromatic heterocycles. The molecule has 0 fully saturated rings. The first-order chi connectivity index (χ1) is 9.11. The summed E-state index contributed by atoms with van der Waals surface area (Å²) in [4.78, 5) is 12.3. The third-order valence-electron chi connectivity index (χ3n) is 3.07. The number of benzene rings is 2. The molecule has 0 spiro atoms. The molecule has 1 nitrogen and oxygen atoms in total. The van der Waals surface area contributed by atoms with Crippen molar-refractivity contribution in [3.63, 3.8) is 0 Å². The van der Waals surface area contributed by atoms with E-state index >= 15 is 0 Å². The summed E-state index contributed by atoms with van der Waals surface area (Å²) in [6.45, 7) is 1.88. The van der Waals surface area contributed by atoms with Crippen molar-refractivity contribution in [3.8, 4) is 0 Å². The van der Waals surface area contributed by atoms with Gasteiger partial charge >= 0.3 is 0 Å². The van der Waals surface area contributed by atoms with Crippen molar-refractivity contribution in [3.05, 3.63) is 71.3 Å². The number of ketones is 1. The van der Waals surface area contributed by atoms with Crippen LogP contribution < -0.4 is 0 Å². The fourth-order valence-electron chi connectivity index (χ4n) is 2.16. The minimum atomic E-state index is -0.730. The minimum Gasteiger partial charge on any atom is -0.293 e. The van der Waals surface area contributed by atoms with E-state index in [0.29, 0.717) is 6.42 Å². The first kappa shape index (κ1) is 13.4. The first-order valence-electron chi connectivity index (χ1n) is 6.17. The predicted octanol–water partition coefficient (Wildman–Crippen LogP) is 4.34. The van der Waals surface area contributed by atoms with Crippen LogP contribution in [0.3, 0.4) is 0 Å². The van der Waals surface area contributed by atoms with Crippen LogP contribution in [-0.4, -0.2) is 5.78 Å². The number of halogens is 2. The zero-order valence-corrected chi connectivity index (χ0v) is 10.6. The molecule has 1 unspecified atom stereocenters. The van der Waals surface area contributed by atoms with Crippen molar-refractivity contribution >= 4 is 5.78 Å². The monoisotopic (exact) mass is 260 g/mol. The smallest absolute Gasteiger partial charge is 0.170 e. The Morgan fingerprint density at radius 2 is 1.63 bits per heavy atom. The number of carbonyl (C=O) groups is 1. The third kappa shape index (κ3) is 3.05. The van der Waals surface area contributed by atoms with Crippen molar-refractivity contribution < 1.29 is 13.6 Å². The fourth-order valence-corrected chi connectivity index (χ4v) is 2.16. The maximum absolute atomic E-state index is 13.2. The fraction of sp³-hybridized carbons (Fsp3) is 0.188. The van der Waals surface area contributed by atoms with E-state index in [-0.39, 0.29) is 17.3 Å². The van der Waals surface area contributed by atoms with E-state index in [1.807, 2.05) is 37.3 Å². The standard InChI is InChI=1S/C16H14F2O/c1-2-15(11-6-4-3-5-7-11)16(19)12-8-13(17)10-14(18)9-12/h3-10,15H,2H2,1H3. The van der Waals surface area contributed by atoms with Gasteiger partial charge < -0.3 is 0 Å². The molecular weight excluding hydrogens is 246 g/mol. The molecule has 0 heterocycles. The molecule has 2 aromatic carbocycles. The van der Waals surface area contributed by atoms with Gasteiger partial charge in [0.25, 0.3) is 0 Å². The van der Waals surface area contributed by atoms with Crippen LogP contribution in [-0.2, 0) is 0 Å². The van der Waals surface area contributed by atoms with Gasteiger partial charge in [0.15, 0.2) is 5.78 Å². The number of hydrogen-bond donors (Lipinski definition) is 0. The van der Waals surface area contributed by atoms with Crippen LogP contribution in [0.15, 0.2) is 48.5 Å². The minimum absolute atomic E-state index is 0.0770. The van der Waals surface area contributed by atoms with E-state index in [2.05, 4.69) is 0 Å². The highest BCUT2D eigenvalue weighted by atomic mass is 19.1. The Balaban J connectivity index is 2.36. The Morgan fingerprint density at radius 3 is 2.16 bits per heavy atom. The Morgan fingerprint density at radius 1 is 1.05 bits per heavy atom. The largest absolute Gasteiger partial charge is 0.293 e. The van der Waals surface area contributed by atoms with Crippen LogP contribution in [0.1, 0.15) is 35.2 Å². The van der Waals surface area contributed by atoms with Gasteiger partial charge in [0, 0.05) is 17.5 Å². The molecule has 98 valence electrons. The van der Waals surface area contributed by atoms with Crippen molar-refractivity contribution in [1.29, 1.82) is 0 Å². The molecule has 0 bridgehead atoms. The molecule has 0 radical (unpaired) electrons. The average molecular weight is 260 g/mol. The first-order valence-corrected chi connectivity index (χ1v) is 6.17. The maximum atomic E-state index is 13.2. The van der Waals surface area contributed by atoms with Gasteiger partial charge in [-0.05, 0) is 24.1 Å². The van der Waals surface area contributed by atoms with Gasteiger partial charge in [-0.3, -0.25) is 4.79 Å². The van der Waals surface area contributed by atoms with Crippen LogP contribution in [0.25, 0.3) is 0 Å². The molecule has 0 amide bonds. The summed E-state index contributed by atoms with van der Waals surface area (Å²) in [6, 6.07) is 12.2. The van der Waals surface area contributed by atoms with Gasteiger partial charge in [0.2, 0.25) is 0 Å². The van der Waals surface area contributed by atoms with Gasteiger partial charge in [-0.2, -0.15) is 0 Å². The van der Waals surface area contributed by atoms with Crippen LogP contribution in [0.5, 0.6) is 0 Å². The summed E-state index contributed by atoms with van der Waals surface area (Å²) in [7, 11) is 0. The number of Topliss-reactive ketones (excluding diaryl/α,β-unsaturated/α-hetero) is 1. The summed E-state index contributed by atoms with van der Waals surface area (Å²) in [5, 5.41) is 0. The van der Waals surface area contributed by atoms with Gasteiger partial charge in [0.05, 0.1) is 0 Å². The zero-order valence-electron chi connectivity index (χ0n) is 10.6. The van der Waals surface area contributed by atoms with Gasteiger partial charge in [0.1, 0.15) is 11.6 Å². The van der Waals surface area contributed by atoms with E-state index in [1.54, 1.807) is 0 Å². The Bertz CT molecular complexity index is 558. The van der Waals surface area contributed by atoms with E-state index < -0.39 is 11.6 Å². The molecule has 0 saturated carbocycles. The summed E-state index contributed by atoms with van der Waals surface area (Å²) in [6.07, 6.45) is 0.584. The summed E-state index contributed by atoms with van der Waals surface area (Å²) >= 11 is 0. The van der Waals surface area contributed by atoms with E-state index in [4.69, 9.17) is 0 Å². The molecule has 2 aromatic rings. The molecule has 0 aliphatic carbocycles. The SMILES string of the molecule is CCC(C(=O)c1cc(F)cc(F)c1)c1ccccc1. The van der Waals surface area contributed by atoms with Crippen LogP contribution in [0, 0.1) is 11.6 Å². The third-order valence-corrected chi connectivity index (χ3v) is 3.07. The molecule has 0 saturated heterocycles. The maximum Gasteiger partial charge on any atom is 0.170 e. The van der Waals surface area contributed by atoms with E-state index in [1.165, 1.54) is 0 Å².